The van der Waals surface area contributed by atoms with E-state index in [1.165, 1.54) is 0 Å². The quantitative estimate of drug-likeness (QED) is 0.810. The fourth-order valence-corrected chi connectivity index (χ4v) is 2.84. The molecule has 5 nitrogen and oxygen atoms in total. The summed E-state index contributed by atoms with van der Waals surface area (Å²) >= 11 is 0. The lowest BCUT2D eigenvalue weighted by Gasteiger charge is -2.34. The minimum Gasteiger partial charge on any atom is -0.508 e. The molecule has 2 aliphatic heterocycles. The van der Waals surface area contributed by atoms with Crippen molar-refractivity contribution in [2.75, 3.05) is 6.54 Å². The molecule has 2 heterocycles. The van der Waals surface area contributed by atoms with Crippen LogP contribution in [0.4, 0.5) is 0 Å². The second-order valence-corrected chi connectivity index (χ2v) is 5.12. The Bertz CT molecular complexity index is 512. The Balaban J connectivity index is 1.76. The highest BCUT2D eigenvalue weighted by Crippen LogP contribution is 2.23. The summed E-state index contributed by atoms with van der Waals surface area (Å²) in [5, 5.41) is 12.0. The second-order valence-electron chi connectivity index (χ2n) is 5.12. The first-order valence-electron chi connectivity index (χ1n) is 6.54. The number of hydrogen-bond acceptors (Lipinski definition) is 3. The van der Waals surface area contributed by atoms with E-state index >= 15 is 0 Å². The number of rotatable bonds is 2. The molecule has 0 bridgehead atoms. The van der Waals surface area contributed by atoms with Crippen LogP contribution in [0.15, 0.2) is 24.3 Å². The van der Waals surface area contributed by atoms with Gasteiger partial charge in [0.25, 0.3) is 0 Å². The Morgan fingerprint density at radius 1 is 1.26 bits per heavy atom. The van der Waals surface area contributed by atoms with Crippen LogP contribution < -0.4 is 5.32 Å². The van der Waals surface area contributed by atoms with Crippen LogP contribution >= 0.6 is 0 Å². The summed E-state index contributed by atoms with van der Waals surface area (Å²) in [5.41, 5.74) is 0.925. The van der Waals surface area contributed by atoms with Crippen LogP contribution in [0.3, 0.4) is 0 Å². The number of nitrogens with one attached hydrogen (secondary N) is 1. The molecule has 2 amide bonds. The van der Waals surface area contributed by atoms with Crippen molar-refractivity contribution >= 4 is 11.8 Å². The maximum absolute atomic E-state index is 12.3. The first-order valence-corrected chi connectivity index (χ1v) is 6.54. The lowest BCUT2D eigenvalue weighted by molar-refractivity contribution is -0.146. The average molecular weight is 260 g/mol. The van der Waals surface area contributed by atoms with Gasteiger partial charge in [-0.3, -0.25) is 9.59 Å². The number of carbonyl (C=O) groups is 2. The molecule has 2 atom stereocenters. The average Bonchev–Trinajstić information content (AvgIpc) is 2.88. The van der Waals surface area contributed by atoms with Crippen LogP contribution in [0.25, 0.3) is 0 Å². The predicted octanol–water partition coefficient (Wildman–Crippen LogP) is 0.424. The highest BCUT2D eigenvalue weighted by molar-refractivity contribution is 5.97. The summed E-state index contributed by atoms with van der Waals surface area (Å²) in [5.74, 6) is 0.165. The molecule has 0 unspecified atom stereocenters. The number of hydrogen-bond donors (Lipinski definition) is 2. The van der Waals surface area contributed by atoms with Crippen molar-refractivity contribution in [2.45, 2.75) is 31.3 Å². The van der Waals surface area contributed by atoms with Crippen LogP contribution in [0, 0.1) is 0 Å². The fraction of sp³-hybridized carbons (Fsp3) is 0.429. The first kappa shape index (κ1) is 12.0. The minimum atomic E-state index is -0.480. The number of fused-ring (bicyclic) bond motifs is 1. The third kappa shape index (κ3) is 2.16. The topological polar surface area (TPSA) is 69.6 Å². The van der Waals surface area contributed by atoms with E-state index in [9.17, 15) is 14.7 Å². The predicted molar refractivity (Wildman–Crippen MR) is 68.5 cm³/mol. The third-order valence-electron chi connectivity index (χ3n) is 3.83. The number of carbonyl (C=O) groups excluding carboxylic acids is 2. The van der Waals surface area contributed by atoms with Gasteiger partial charge in [-0.05, 0) is 30.5 Å². The lowest BCUT2D eigenvalue weighted by atomic mass is 10.0. The number of amides is 2. The summed E-state index contributed by atoms with van der Waals surface area (Å²) in [7, 11) is 0. The Morgan fingerprint density at radius 2 is 2.00 bits per heavy atom. The van der Waals surface area contributed by atoms with Gasteiger partial charge >= 0.3 is 0 Å². The fourth-order valence-electron chi connectivity index (χ4n) is 2.84. The Hall–Kier alpha value is -2.04. The van der Waals surface area contributed by atoms with Crippen LogP contribution in [0.5, 0.6) is 5.75 Å². The lowest BCUT2D eigenvalue weighted by Crippen LogP contribution is -2.61. The SMILES string of the molecule is O=C1N[C@@H](Cc2ccc(O)cc2)C(=O)N2CCC[C@@H]12. The molecule has 1 aromatic rings. The van der Waals surface area contributed by atoms with E-state index in [1.807, 2.05) is 0 Å². The van der Waals surface area contributed by atoms with Crippen molar-refractivity contribution in [2.24, 2.45) is 0 Å². The number of phenols is 1. The summed E-state index contributed by atoms with van der Waals surface area (Å²) in [6, 6.07) is 5.97. The van der Waals surface area contributed by atoms with Crippen LogP contribution in [-0.4, -0.2) is 40.4 Å². The van der Waals surface area contributed by atoms with E-state index in [0.717, 1.165) is 18.4 Å². The summed E-state index contributed by atoms with van der Waals surface area (Å²) in [6.45, 7) is 0.684. The van der Waals surface area contributed by atoms with E-state index in [-0.39, 0.29) is 23.6 Å². The van der Waals surface area contributed by atoms with Crippen molar-refractivity contribution in [3.8, 4) is 5.75 Å². The van der Waals surface area contributed by atoms with Gasteiger partial charge in [0.15, 0.2) is 0 Å². The van der Waals surface area contributed by atoms with Crippen LogP contribution in [-0.2, 0) is 16.0 Å². The molecule has 2 saturated heterocycles. The molecule has 5 heteroatoms. The van der Waals surface area contributed by atoms with Gasteiger partial charge < -0.3 is 15.3 Å². The maximum atomic E-state index is 12.3. The highest BCUT2D eigenvalue weighted by atomic mass is 16.3. The van der Waals surface area contributed by atoms with Crippen LogP contribution in [0.2, 0.25) is 0 Å². The summed E-state index contributed by atoms with van der Waals surface area (Å²) in [6.07, 6.45) is 2.13. The number of nitrogens with zero attached hydrogens (tertiary/aromatic N) is 1. The molecule has 0 aromatic heterocycles. The zero-order valence-corrected chi connectivity index (χ0v) is 10.5. The zero-order valence-electron chi connectivity index (χ0n) is 10.5. The first-order chi connectivity index (χ1) is 9.15. The monoisotopic (exact) mass is 260 g/mol. The number of piperazine rings is 1. The molecular weight excluding hydrogens is 244 g/mol. The molecule has 2 N–H and O–H groups in total. The van der Waals surface area contributed by atoms with Crippen molar-refractivity contribution in [1.82, 2.24) is 10.2 Å². The molecule has 0 radical (unpaired) electrons. The molecule has 0 saturated carbocycles. The number of aromatic hydroxyl groups is 1. The smallest absolute Gasteiger partial charge is 0.246 e. The molecule has 100 valence electrons. The Labute approximate surface area is 111 Å². The highest BCUT2D eigenvalue weighted by Gasteiger charge is 2.42. The largest absolute Gasteiger partial charge is 0.508 e. The van der Waals surface area contributed by atoms with Crippen LogP contribution in [0.1, 0.15) is 18.4 Å². The summed E-state index contributed by atoms with van der Waals surface area (Å²) < 4.78 is 0. The van der Waals surface area contributed by atoms with Gasteiger partial charge in [0.1, 0.15) is 17.8 Å². The number of benzene rings is 1. The normalized spacial score (nSPS) is 26.2. The Kier molecular flexibility index (Phi) is 2.89. The van der Waals surface area contributed by atoms with Gasteiger partial charge in [-0.2, -0.15) is 0 Å². The van der Waals surface area contributed by atoms with E-state index in [2.05, 4.69) is 5.32 Å². The molecule has 0 aliphatic carbocycles. The van der Waals surface area contributed by atoms with E-state index in [4.69, 9.17) is 0 Å². The summed E-state index contributed by atoms with van der Waals surface area (Å²) in [4.78, 5) is 25.9. The van der Waals surface area contributed by atoms with E-state index in [1.54, 1.807) is 29.2 Å². The molecule has 0 spiro atoms. The van der Waals surface area contributed by atoms with Gasteiger partial charge in [0.2, 0.25) is 11.8 Å². The van der Waals surface area contributed by atoms with Gasteiger partial charge in [-0.1, -0.05) is 12.1 Å². The molecule has 3 rings (SSSR count). The van der Waals surface area contributed by atoms with Crippen molar-refractivity contribution in [1.29, 1.82) is 0 Å². The van der Waals surface area contributed by atoms with Crippen molar-refractivity contribution in [3.63, 3.8) is 0 Å². The van der Waals surface area contributed by atoms with E-state index in [0.29, 0.717) is 13.0 Å². The molecular formula is C14H16N2O3. The van der Waals surface area contributed by atoms with Gasteiger partial charge in [0, 0.05) is 13.0 Å². The van der Waals surface area contributed by atoms with Crippen molar-refractivity contribution in [3.05, 3.63) is 29.8 Å². The second kappa shape index (κ2) is 4.57. The third-order valence-corrected chi connectivity index (χ3v) is 3.83. The van der Waals surface area contributed by atoms with Gasteiger partial charge in [-0.15, -0.1) is 0 Å². The molecule has 1 aromatic carbocycles. The minimum absolute atomic E-state index is 0.00942. The Morgan fingerprint density at radius 3 is 2.74 bits per heavy atom. The van der Waals surface area contributed by atoms with Crippen molar-refractivity contribution < 1.29 is 14.7 Å². The van der Waals surface area contributed by atoms with E-state index < -0.39 is 6.04 Å². The van der Waals surface area contributed by atoms with Gasteiger partial charge in [-0.25, -0.2) is 0 Å². The standard InChI is InChI=1S/C14H16N2O3/c17-10-5-3-9(4-6-10)8-11-14(19)16-7-1-2-12(16)13(18)15-11/h3-6,11-12,17H,1-2,7-8H2,(H,15,18)/t11-,12-/m0/s1. The zero-order chi connectivity index (χ0) is 13.4. The molecule has 2 fully saturated rings. The van der Waals surface area contributed by atoms with Gasteiger partial charge in [0.05, 0.1) is 0 Å². The molecule has 2 aliphatic rings. The molecule has 19 heavy (non-hydrogen) atoms. The maximum Gasteiger partial charge on any atom is 0.246 e. The number of phenolic OH excluding ortho intramolecular Hbond substituents is 1.